The highest BCUT2D eigenvalue weighted by Gasteiger charge is 2.38. The molecule has 0 aliphatic carbocycles. The van der Waals surface area contributed by atoms with Crippen LogP contribution in [0, 0.1) is 5.41 Å². The van der Waals surface area contributed by atoms with Gasteiger partial charge in [0, 0.05) is 10.4 Å². The highest BCUT2D eigenvalue weighted by molar-refractivity contribution is 7.80. The molecule has 0 atom stereocenters. The van der Waals surface area contributed by atoms with Gasteiger partial charge in [-0.05, 0) is 47.9 Å². The first-order chi connectivity index (χ1) is 9.53. The SMILES string of the molecule is CCC(CC)(C(=O)Nc1ccc2sccc2c1)C(N)=S. The number of nitrogens with two attached hydrogens (primary N) is 1. The molecule has 0 unspecified atom stereocenters. The minimum absolute atomic E-state index is 0.121. The van der Waals surface area contributed by atoms with Crippen LogP contribution in [0.2, 0.25) is 0 Å². The minimum Gasteiger partial charge on any atom is -0.392 e. The Morgan fingerprint density at radius 2 is 2.05 bits per heavy atom. The van der Waals surface area contributed by atoms with Crippen molar-refractivity contribution in [2.45, 2.75) is 26.7 Å². The summed E-state index contributed by atoms with van der Waals surface area (Å²) in [6.07, 6.45) is 1.21. The van der Waals surface area contributed by atoms with Crippen LogP contribution in [-0.2, 0) is 4.79 Å². The molecule has 0 saturated heterocycles. The van der Waals surface area contributed by atoms with E-state index in [1.165, 1.54) is 4.70 Å². The highest BCUT2D eigenvalue weighted by atomic mass is 32.1. The number of anilines is 1. The Kier molecular flexibility index (Phi) is 4.40. The molecule has 0 aliphatic rings. The summed E-state index contributed by atoms with van der Waals surface area (Å²) in [4.78, 5) is 12.8. The van der Waals surface area contributed by atoms with Crippen LogP contribution in [0.4, 0.5) is 5.69 Å². The summed E-state index contributed by atoms with van der Waals surface area (Å²) in [6.45, 7) is 3.87. The number of hydrogen-bond acceptors (Lipinski definition) is 3. The fraction of sp³-hybridized carbons (Fsp3) is 0.333. The zero-order valence-corrected chi connectivity index (χ0v) is 13.2. The van der Waals surface area contributed by atoms with Gasteiger partial charge in [-0.15, -0.1) is 11.3 Å². The van der Waals surface area contributed by atoms with Crippen LogP contribution in [0.1, 0.15) is 26.7 Å². The molecule has 1 aromatic carbocycles. The molecule has 1 aromatic heterocycles. The van der Waals surface area contributed by atoms with E-state index in [0.29, 0.717) is 12.8 Å². The lowest BCUT2D eigenvalue weighted by molar-refractivity contribution is -0.122. The van der Waals surface area contributed by atoms with E-state index in [9.17, 15) is 4.79 Å². The molecule has 1 amide bonds. The van der Waals surface area contributed by atoms with Crippen molar-refractivity contribution < 1.29 is 4.79 Å². The normalized spacial score (nSPS) is 11.5. The standard InChI is InChI=1S/C15H18N2OS2/c1-3-15(4-2,13(16)19)14(18)17-11-5-6-12-10(9-11)7-8-20-12/h5-9H,3-4H2,1-2H3,(H2,16,19)(H,17,18). The zero-order chi connectivity index (χ0) is 14.8. The summed E-state index contributed by atoms with van der Waals surface area (Å²) >= 11 is 6.78. The second-order valence-corrected chi connectivity index (χ2v) is 6.17. The summed E-state index contributed by atoms with van der Waals surface area (Å²) < 4.78 is 1.20. The number of fused-ring (bicyclic) bond motifs is 1. The van der Waals surface area contributed by atoms with Crippen LogP contribution in [0.3, 0.4) is 0 Å². The van der Waals surface area contributed by atoms with E-state index in [1.54, 1.807) is 11.3 Å². The number of amides is 1. The van der Waals surface area contributed by atoms with E-state index >= 15 is 0 Å². The maximum absolute atomic E-state index is 12.5. The molecule has 0 bridgehead atoms. The van der Waals surface area contributed by atoms with Gasteiger partial charge in [-0.3, -0.25) is 4.79 Å². The van der Waals surface area contributed by atoms with Crippen molar-refractivity contribution in [3.63, 3.8) is 0 Å². The van der Waals surface area contributed by atoms with E-state index < -0.39 is 5.41 Å². The molecule has 0 fully saturated rings. The molecule has 0 spiro atoms. The van der Waals surface area contributed by atoms with Gasteiger partial charge in [-0.1, -0.05) is 26.1 Å². The first-order valence-electron chi connectivity index (χ1n) is 6.62. The van der Waals surface area contributed by atoms with Crippen molar-refractivity contribution in [3.8, 4) is 0 Å². The molecular weight excluding hydrogens is 288 g/mol. The van der Waals surface area contributed by atoms with E-state index in [-0.39, 0.29) is 10.9 Å². The predicted molar refractivity (Wildman–Crippen MR) is 90.3 cm³/mol. The van der Waals surface area contributed by atoms with Crippen molar-refractivity contribution in [2.75, 3.05) is 5.32 Å². The molecule has 0 saturated carbocycles. The van der Waals surface area contributed by atoms with Crippen LogP contribution in [0.25, 0.3) is 10.1 Å². The Morgan fingerprint density at radius 3 is 2.65 bits per heavy atom. The first-order valence-corrected chi connectivity index (χ1v) is 7.91. The molecule has 3 nitrogen and oxygen atoms in total. The van der Waals surface area contributed by atoms with E-state index in [2.05, 4.69) is 5.32 Å². The molecule has 20 heavy (non-hydrogen) atoms. The van der Waals surface area contributed by atoms with Gasteiger partial charge in [0.2, 0.25) is 5.91 Å². The first kappa shape index (κ1) is 14.9. The molecule has 2 rings (SSSR count). The largest absolute Gasteiger partial charge is 0.392 e. The van der Waals surface area contributed by atoms with E-state index in [4.69, 9.17) is 18.0 Å². The number of carbonyl (C=O) groups excluding carboxylic acids is 1. The zero-order valence-electron chi connectivity index (χ0n) is 11.6. The molecule has 5 heteroatoms. The molecule has 106 valence electrons. The lowest BCUT2D eigenvalue weighted by atomic mass is 9.81. The Morgan fingerprint density at radius 1 is 1.35 bits per heavy atom. The molecule has 2 aromatic rings. The number of rotatable bonds is 5. The fourth-order valence-electron chi connectivity index (χ4n) is 2.33. The Labute approximate surface area is 128 Å². The van der Waals surface area contributed by atoms with Gasteiger partial charge in [0.25, 0.3) is 0 Å². The number of thiocarbonyl (C=S) groups is 1. The third kappa shape index (κ3) is 2.55. The summed E-state index contributed by atoms with van der Waals surface area (Å²) in [5, 5.41) is 6.11. The second-order valence-electron chi connectivity index (χ2n) is 4.78. The van der Waals surface area contributed by atoms with Crippen molar-refractivity contribution in [2.24, 2.45) is 11.1 Å². The maximum Gasteiger partial charge on any atom is 0.237 e. The van der Waals surface area contributed by atoms with Gasteiger partial charge in [-0.2, -0.15) is 0 Å². The van der Waals surface area contributed by atoms with Gasteiger partial charge in [0.15, 0.2) is 0 Å². The van der Waals surface area contributed by atoms with Crippen LogP contribution in [0.5, 0.6) is 0 Å². The summed E-state index contributed by atoms with van der Waals surface area (Å²) in [6, 6.07) is 7.93. The van der Waals surface area contributed by atoms with Crippen molar-refractivity contribution >= 4 is 50.2 Å². The third-order valence-electron chi connectivity index (χ3n) is 3.82. The second kappa shape index (κ2) is 5.89. The number of carbonyl (C=O) groups is 1. The van der Waals surface area contributed by atoms with Gasteiger partial charge >= 0.3 is 0 Å². The van der Waals surface area contributed by atoms with Gasteiger partial charge in [0.05, 0.1) is 10.4 Å². The van der Waals surface area contributed by atoms with E-state index in [1.807, 2.05) is 43.5 Å². The molecule has 1 heterocycles. The average Bonchev–Trinajstić information content (AvgIpc) is 2.87. The van der Waals surface area contributed by atoms with Crippen LogP contribution in [0.15, 0.2) is 29.6 Å². The lowest BCUT2D eigenvalue weighted by Crippen LogP contribution is -2.45. The molecule has 3 N–H and O–H groups in total. The fourth-order valence-corrected chi connectivity index (χ4v) is 3.48. The summed E-state index contributed by atoms with van der Waals surface area (Å²) in [5.41, 5.74) is 5.81. The smallest absolute Gasteiger partial charge is 0.237 e. The minimum atomic E-state index is -0.765. The molecule has 0 aliphatic heterocycles. The van der Waals surface area contributed by atoms with Crippen molar-refractivity contribution in [1.82, 2.24) is 0 Å². The average molecular weight is 306 g/mol. The lowest BCUT2D eigenvalue weighted by Gasteiger charge is -2.28. The van der Waals surface area contributed by atoms with Crippen molar-refractivity contribution in [3.05, 3.63) is 29.6 Å². The van der Waals surface area contributed by atoms with E-state index in [0.717, 1.165) is 11.1 Å². The van der Waals surface area contributed by atoms with Crippen LogP contribution < -0.4 is 11.1 Å². The van der Waals surface area contributed by atoms with Gasteiger partial charge in [-0.25, -0.2) is 0 Å². The predicted octanol–water partition coefficient (Wildman–Crippen LogP) is 3.93. The summed E-state index contributed by atoms with van der Waals surface area (Å²) in [7, 11) is 0. The number of thiophene rings is 1. The summed E-state index contributed by atoms with van der Waals surface area (Å²) in [5.74, 6) is -0.121. The Hall–Kier alpha value is -1.46. The monoisotopic (exact) mass is 306 g/mol. The van der Waals surface area contributed by atoms with Crippen molar-refractivity contribution in [1.29, 1.82) is 0 Å². The highest BCUT2D eigenvalue weighted by Crippen LogP contribution is 2.30. The number of nitrogens with one attached hydrogen (secondary N) is 1. The molecular formula is C15H18N2OS2. The Bertz CT molecular complexity index is 644. The van der Waals surface area contributed by atoms with Gasteiger partial charge in [0.1, 0.15) is 0 Å². The maximum atomic E-state index is 12.5. The van der Waals surface area contributed by atoms with Gasteiger partial charge < -0.3 is 11.1 Å². The topological polar surface area (TPSA) is 55.1 Å². The van der Waals surface area contributed by atoms with Crippen LogP contribution in [-0.4, -0.2) is 10.9 Å². The molecule has 0 radical (unpaired) electrons. The Balaban J connectivity index is 2.27. The van der Waals surface area contributed by atoms with Crippen LogP contribution >= 0.6 is 23.6 Å². The third-order valence-corrected chi connectivity index (χ3v) is 5.11. The number of hydrogen-bond donors (Lipinski definition) is 2. The quantitative estimate of drug-likeness (QED) is 0.823. The number of benzene rings is 1.